The molecule has 1 aliphatic carbocycles. The number of Topliss-reactive ketones (excluding diaryl/α,β-unsaturated/α-hetero) is 1. The average molecular weight is 241 g/mol. The van der Waals surface area contributed by atoms with Gasteiger partial charge in [0.2, 0.25) is 0 Å². The Hall–Kier alpha value is -2.23. The lowest BCUT2D eigenvalue weighted by Crippen LogP contribution is -2.48. The van der Waals surface area contributed by atoms with E-state index in [4.69, 9.17) is 0 Å². The number of carboxylic acid groups (broad SMARTS) is 1. The number of hydrogen-bond acceptors (Lipinski definition) is 3. The maximum Gasteiger partial charge on any atom is 0.316 e. The fraction of sp³-hybridized carbons (Fsp3) is 0.214. The van der Waals surface area contributed by atoms with Gasteiger partial charge in [-0.3, -0.25) is 14.6 Å². The predicted molar refractivity (Wildman–Crippen MR) is 65.3 cm³/mol. The number of nitrogens with zero attached hydrogens (tertiary/aromatic N) is 1. The van der Waals surface area contributed by atoms with Crippen LogP contribution in [0.1, 0.15) is 18.5 Å². The molecule has 1 fully saturated rings. The summed E-state index contributed by atoms with van der Waals surface area (Å²) in [5.74, 6) is -0.989. The molecule has 4 nitrogen and oxygen atoms in total. The van der Waals surface area contributed by atoms with Gasteiger partial charge in [-0.05, 0) is 12.1 Å². The highest BCUT2D eigenvalue weighted by atomic mass is 16.4. The van der Waals surface area contributed by atoms with Crippen molar-refractivity contribution < 1.29 is 14.7 Å². The van der Waals surface area contributed by atoms with Crippen molar-refractivity contribution in [3.8, 4) is 0 Å². The number of aliphatic carboxylic acids is 1. The third-order valence-corrected chi connectivity index (χ3v) is 3.50. The molecule has 3 rings (SSSR count). The van der Waals surface area contributed by atoms with Gasteiger partial charge in [0.15, 0.2) is 0 Å². The van der Waals surface area contributed by atoms with Crippen molar-refractivity contribution in [1.29, 1.82) is 0 Å². The van der Waals surface area contributed by atoms with Crippen molar-refractivity contribution in [2.24, 2.45) is 0 Å². The largest absolute Gasteiger partial charge is 0.481 e. The minimum Gasteiger partial charge on any atom is -0.481 e. The monoisotopic (exact) mass is 241 g/mol. The Morgan fingerprint density at radius 3 is 2.56 bits per heavy atom. The van der Waals surface area contributed by atoms with Gasteiger partial charge in [0.05, 0.1) is 11.2 Å². The first-order valence-corrected chi connectivity index (χ1v) is 5.73. The van der Waals surface area contributed by atoms with Crippen LogP contribution < -0.4 is 0 Å². The number of carbonyl (C=O) groups is 2. The van der Waals surface area contributed by atoms with E-state index in [-0.39, 0.29) is 18.6 Å². The van der Waals surface area contributed by atoms with Crippen LogP contribution in [0.25, 0.3) is 10.9 Å². The third-order valence-electron chi connectivity index (χ3n) is 3.50. The number of ketones is 1. The highest BCUT2D eigenvalue weighted by Gasteiger charge is 2.52. The van der Waals surface area contributed by atoms with Gasteiger partial charge in [-0.1, -0.05) is 24.3 Å². The van der Waals surface area contributed by atoms with E-state index in [0.717, 1.165) is 10.9 Å². The number of para-hydroxylation sites is 1. The van der Waals surface area contributed by atoms with Crippen LogP contribution in [-0.2, 0) is 15.0 Å². The van der Waals surface area contributed by atoms with Gasteiger partial charge in [-0.2, -0.15) is 0 Å². The van der Waals surface area contributed by atoms with E-state index in [1.165, 1.54) is 0 Å². The van der Waals surface area contributed by atoms with Crippen LogP contribution in [-0.4, -0.2) is 21.8 Å². The van der Waals surface area contributed by atoms with E-state index in [2.05, 4.69) is 4.98 Å². The summed E-state index contributed by atoms with van der Waals surface area (Å²) in [7, 11) is 0. The molecule has 0 saturated heterocycles. The maximum atomic E-state index is 11.4. The zero-order chi connectivity index (χ0) is 12.8. The molecule has 1 aromatic carbocycles. The summed E-state index contributed by atoms with van der Waals surface area (Å²) >= 11 is 0. The second-order valence-corrected chi connectivity index (χ2v) is 4.67. The minimum atomic E-state index is -1.11. The number of aromatic nitrogens is 1. The van der Waals surface area contributed by atoms with Crippen molar-refractivity contribution in [2.75, 3.05) is 0 Å². The summed E-state index contributed by atoms with van der Waals surface area (Å²) in [5.41, 5.74) is 0.129. The molecule has 0 spiro atoms. The number of fused-ring (bicyclic) bond motifs is 1. The van der Waals surface area contributed by atoms with Gasteiger partial charge in [0, 0.05) is 18.2 Å². The molecule has 1 heterocycles. The van der Waals surface area contributed by atoms with Crippen LogP contribution in [0.15, 0.2) is 36.4 Å². The summed E-state index contributed by atoms with van der Waals surface area (Å²) in [4.78, 5) is 27.0. The maximum absolute atomic E-state index is 11.4. The Balaban J connectivity index is 2.13. The number of hydrogen-bond donors (Lipinski definition) is 1. The second-order valence-electron chi connectivity index (χ2n) is 4.67. The molecule has 1 N–H and O–H groups in total. The number of carboxylic acids is 1. The first-order chi connectivity index (χ1) is 8.62. The zero-order valence-corrected chi connectivity index (χ0v) is 9.59. The molecule has 0 radical (unpaired) electrons. The summed E-state index contributed by atoms with van der Waals surface area (Å²) in [6.45, 7) is 0. The number of carbonyl (C=O) groups excluding carboxylic acids is 1. The second kappa shape index (κ2) is 3.63. The van der Waals surface area contributed by atoms with E-state index in [1.807, 2.05) is 30.3 Å². The van der Waals surface area contributed by atoms with E-state index >= 15 is 0 Å². The summed E-state index contributed by atoms with van der Waals surface area (Å²) < 4.78 is 0. The molecular formula is C14H11NO3. The summed E-state index contributed by atoms with van der Waals surface area (Å²) in [6, 6.07) is 11.1. The molecule has 2 aromatic rings. The van der Waals surface area contributed by atoms with Gasteiger partial charge in [-0.15, -0.1) is 0 Å². The number of rotatable bonds is 2. The average Bonchev–Trinajstić information content (AvgIpc) is 2.34. The molecule has 0 atom stereocenters. The lowest BCUT2D eigenvalue weighted by atomic mass is 9.65. The van der Waals surface area contributed by atoms with Crippen LogP contribution >= 0.6 is 0 Å². The van der Waals surface area contributed by atoms with Crippen molar-refractivity contribution >= 4 is 22.7 Å². The minimum absolute atomic E-state index is 0.0210. The molecular weight excluding hydrogens is 230 g/mol. The molecule has 0 bridgehead atoms. The number of benzene rings is 1. The first kappa shape index (κ1) is 10.9. The zero-order valence-electron chi connectivity index (χ0n) is 9.59. The van der Waals surface area contributed by atoms with Crippen molar-refractivity contribution in [3.05, 3.63) is 42.1 Å². The fourth-order valence-electron chi connectivity index (χ4n) is 2.40. The van der Waals surface area contributed by atoms with Gasteiger partial charge >= 0.3 is 5.97 Å². The lowest BCUT2D eigenvalue weighted by Gasteiger charge is -2.35. The molecule has 1 aliphatic rings. The Labute approximate surface area is 103 Å². The van der Waals surface area contributed by atoms with Crippen molar-refractivity contribution in [1.82, 2.24) is 4.98 Å². The molecule has 0 unspecified atom stereocenters. The first-order valence-electron chi connectivity index (χ1n) is 5.73. The molecule has 1 aromatic heterocycles. The molecule has 1 saturated carbocycles. The highest BCUT2D eigenvalue weighted by molar-refractivity contribution is 6.01. The van der Waals surface area contributed by atoms with E-state index in [9.17, 15) is 14.7 Å². The lowest BCUT2D eigenvalue weighted by molar-refractivity contribution is -0.153. The van der Waals surface area contributed by atoms with Crippen molar-refractivity contribution in [2.45, 2.75) is 18.3 Å². The predicted octanol–water partition coefficient (Wildman–Crippen LogP) is 1.92. The topological polar surface area (TPSA) is 67.3 Å². The van der Waals surface area contributed by atoms with Gasteiger partial charge in [0.1, 0.15) is 11.2 Å². The van der Waals surface area contributed by atoms with Gasteiger partial charge in [0.25, 0.3) is 0 Å². The molecule has 4 heteroatoms. The quantitative estimate of drug-likeness (QED) is 0.872. The van der Waals surface area contributed by atoms with Gasteiger partial charge < -0.3 is 5.11 Å². The van der Waals surface area contributed by atoms with Crippen molar-refractivity contribution in [3.63, 3.8) is 0 Å². The Kier molecular flexibility index (Phi) is 2.20. The van der Waals surface area contributed by atoms with Crippen LogP contribution in [0.4, 0.5) is 0 Å². The number of pyridine rings is 1. The van der Waals surface area contributed by atoms with E-state index < -0.39 is 11.4 Å². The summed E-state index contributed by atoms with van der Waals surface area (Å²) in [6.07, 6.45) is 0.0986. The van der Waals surface area contributed by atoms with Crippen LogP contribution in [0, 0.1) is 0 Å². The fourth-order valence-corrected chi connectivity index (χ4v) is 2.40. The van der Waals surface area contributed by atoms with E-state index in [0.29, 0.717) is 5.69 Å². The Morgan fingerprint density at radius 1 is 1.17 bits per heavy atom. The Bertz CT molecular complexity index is 655. The van der Waals surface area contributed by atoms with Crippen LogP contribution in [0.5, 0.6) is 0 Å². The molecule has 18 heavy (non-hydrogen) atoms. The standard InChI is InChI=1S/C14H11NO3/c16-10-7-14(8-10,13(17)18)12-6-5-9-3-1-2-4-11(9)15-12/h1-6H,7-8H2,(H,17,18). The van der Waals surface area contributed by atoms with E-state index in [1.54, 1.807) is 6.07 Å². The highest BCUT2D eigenvalue weighted by Crippen LogP contribution is 2.41. The third kappa shape index (κ3) is 1.42. The van der Waals surface area contributed by atoms with Crippen LogP contribution in [0.2, 0.25) is 0 Å². The molecule has 0 aliphatic heterocycles. The Morgan fingerprint density at radius 2 is 1.89 bits per heavy atom. The van der Waals surface area contributed by atoms with Gasteiger partial charge in [-0.25, -0.2) is 0 Å². The van der Waals surface area contributed by atoms with Crippen LogP contribution in [0.3, 0.4) is 0 Å². The SMILES string of the molecule is O=C1CC(C(=O)O)(c2ccc3ccccc3n2)C1. The molecule has 0 amide bonds. The molecule has 90 valence electrons. The normalized spacial score (nSPS) is 17.4. The smallest absolute Gasteiger partial charge is 0.316 e. The summed E-state index contributed by atoms with van der Waals surface area (Å²) in [5, 5.41) is 10.3.